The first-order valence-electron chi connectivity index (χ1n) is 7.22. The van der Waals surface area contributed by atoms with Gasteiger partial charge in [0.05, 0.1) is 13.7 Å². The maximum atomic E-state index is 12.1. The summed E-state index contributed by atoms with van der Waals surface area (Å²) < 4.78 is 10.7. The highest BCUT2D eigenvalue weighted by atomic mass is 16.5. The monoisotopic (exact) mass is 299 g/mol. The van der Waals surface area contributed by atoms with Gasteiger partial charge in [-0.15, -0.1) is 0 Å². The fourth-order valence-electron chi connectivity index (χ4n) is 2.19. The van der Waals surface area contributed by atoms with Gasteiger partial charge in [-0.05, 0) is 37.6 Å². The predicted molar refractivity (Wildman–Crippen MR) is 86.7 cm³/mol. The van der Waals surface area contributed by atoms with Crippen molar-refractivity contribution in [3.8, 4) is 11.5 Å². The van der Waals surface area contributed by atoms with E-state index < -0.39 is 0 Å². The second-order valence-electron chi connectivity index (χ2n) is 5.10. The normalized spacial score (nSPS) is 10.1. The van der Waals surface area contributed by atoms with Gasteiger partial charge in [0.1, 0.15) is 18.1 Å². The van der Waals surface area contributed by atoms with Crippen LogP contribution in [-0.4, -0.2) is 26.2 Å². The van der Waals surface area contributed by atoms with Gasteiger partial charge in [0.15, 0.2) is 0 Å². The van der Waals surface area contributed by atoms with E-state index in [1.165, 1.54) is 0 Å². The zero-order valence-corrected chi connectivity index (χ0v) is 13.2. The van der Waals surface area contributed by atoms with E-state index in [0.29, 0.717) is 18.7 Å². The van der Waals surface area contributed by atoms with Crippen molar-refractivity contribution in [2.24, 2.45) is 0 Å². The summed E-state index contributed by atoms with van der Waals surface area (Å²) in [6.45, 7) is 4.80. The van der Waals surface area contributed by atoms with Crippen molar-refractivity contribution in [2.75, 3.05) is 20.3 Å². The molecule has 0 aromatic heterocycles. The molecule has 116 valence electrons. The molecule has 4 heteroatoms. The Morgan fingerprint density at radius 3 is 2.59 bits per heavy atom. The SMILES string of the molecule is COc1cccc(OCCNC(=O)c2ccc(C)cc2C)c1. The lowest BCUT2D eigenvalue weighted by Gasteiger charge is -2.10. The first-order chi connectivity index (χ1) is 10.6. The molecule has 2 aromatic rings. The molecule has 0 fully saturated rings. The van der Waals surface area contributed by atoms with E-state index in [1.54, 1.807) is 7.11 Å². The number of ether oxygens (including phenoxy) is 2. The van der Waals surface area contributed by atoms with Gasteiger partial charge in [-0.1, -0.05) is 23.8 Å². The van der Waals surface area contributed by atoms with Gasteiger partial charge in [0.2, 0.25) is 0 Å². The second-order valence-corrected chi connectivity index (χ2v) is 5.10. The lowest BCUT2D eigenvalue weighted by molar-refractivity contribution is 0.0946. The molecule has 0 unspecified atom stereocenters. The second kappa shape index (κ2) is 7.50. The molecule has 0 aliphatic carbocycles. The Labute approximate surface area is 131 Å². The lowest BCUT2D eigenvalue weighted by Crippen LogP contribution is -2.28. The van der Waals surface area contributed by atoms with Crippen LogP contribution < -0.4 is 14.8 Å². The number of rotatable bonds is 6. The first kappa shape index (κ1) is 15.9. The maximum Gasteiger partial charge on any atom is 0.251 e. The van der Waals surface area contributed by atoms with Gasteiger partial charge in [-0.2, -0.15) is 0 Å². The summed E-state index contributed by atoms with van der Waals surface area (Å²) in [5.74, 6) is 1.39. The first-order valence-corrected chi connectivity index (χ1v) is 7.22. The van der Waals surface area contributed by atoms with E-state index in [0.717, 1.165) is 22.6 Å². The summed E-state index contributed by atoms with van der Waals surface area (Å²) in [4.78, 5) is 12.1. The molecule has 0 spiro atoms. The predicted octanol–water partition coefficient (Wildman–Crippen LogP) is 3.12. The van der Waals surface area contributed by atoms with Crippen LogP contribution in [0.4, 0.5) is 0 Å². The molecule has 0 aliphatic rings. The molecule has 1 N–H and O–H groups in total. The molecule has 0 radical (unpaired) electrons. The summed E-state index contributed by atoms with van der Waals surface area (Å²) in [7, 11) is 1.61. The average molecular weight is 299 g/mol. The molecular formula is C18H21NO3. The van der Waals surface area contributed by atoms with Crippen LogP contribution in [0.1, 0.15) is 21.5 Å². The molecule has 0 heterocycles. The molecule has 0 aliphatic heterocycles. The maximum absolute atomic E-state index is 12.1. The minimum Gasteiger partial charge on any atom is -0.497 e. The third-order valence-corrected chi connectivity index (χ3v) is 3.32. The van der Waals surface area contributed by atoms with Gasteiger partial charge < -0.3 is 14.8 Å². The van der Waals surface area contributed by atoms with Crippen LogP contribution in [0.25, 0.3) is 0 Å². The van der Waals surface area contributed by atoms with Gasteiger partial charge in [-0.25, -0.2) is 0 Å². The lowest BCUT2D eigenvalue weighted by atomic mass is 10.1. The van der Waals surface area contributed by atoms with Gasteiger partial charge in [0, 0.05) is 11.6 Å². The molecule has 1 amide bonds. The Bertz CT molecular complexity index is 653. The summed E-state index contributed by atoms with van der Waals surface area (Å²) in [5.41, 5.74) is 2.83. The highest BCUT2D eigenvalue weighted by molar-refractivity contribution is 5.95. The van der Waals surface area contributed by atoms with E-state index in [4.69, 9.17) is 9.47 Å². The van der Waals surface area contributed by atoms with Crippen molar-refractivity contribution in [2.45, 2.75) is 13.8 Å². The number of benzene rings is 2. The number of amides is 1. The standard InChI is InChI=1S/C18H21NO3/c1-13-7-8-17(14(2)11-13)18(20)19-9-10-22-16-6-4-5-15(12-16)21-3/h4-8,11-12H,9-10H2,1-3H3,(H,19,20). The van der Waals surface area contributed by atoms with Crippen LogP contribution in [0.15, 0.2) is 42.5 Å². The fraction of sp³-hybridized carbons (Fsp3) is 0.278. The third kappa shape index (κ3) is 4.25. The average Bonchev–Trinajstić information content (AvgIpc) is 2.51. The minimum absolute atomic E-state index is 0.0771. The Kier molecular flexibility index (Phi) is 5.42. The zero-order chi connectivity index (χ0) is 15.9. The number of carbonyl (C=O) groups is 1. The van der Waals surface area contributed by atoms with Gasteiger partial charge >= 0.3 is 0 Å². The number of hydrogen-bond donors (Lipinski definition) is 1. The Morgan fingerprint density at radius 1 is 1.09 bits per heavy atom. The number of methoxy groups -OCH3 is 1. The Balaban J connectivity index is 1.82. The van der Waals surface area contributed by atoms with Crippen LogP contribution in [-0.2, 0) is 0 Å². The summed E-state index contributed by atoms with van der Waals surface area (Å²) in [6, 6.07) is 13.2. The molecule has 2 rings (SSSR count). The zero-order valence-electron chi connectivity index (χ0n) is 13.2. The number of hydrogen-bond acceptors (Lipinski definition) is 3. The van der Waals surface area contributed by atoms with Crippen LogP contribution in [0.2, 0.25) is 0 Å². The highest BCUT2D eigenvalue weighted by Gasteiger charge is 2.08. The van der Waals surface area contributed by atoms with Crippen LogP contribution in [0.3, 0.4) is 0 Å². The quantitative estimate of drug-likeness (QED) is 0.834. The molecule has 2 aromatic carbocycles. The van der Waals surface area contributed by atoms with Crippen molar-refractivity contribution >= 4 is 5.91 Å². The van der Waals surface area contributed by atoms with Crippen LogP contribution in [0, 0.1) is 13.8 Å². The number of aryl methyl sites for hydroxylation is 2. The highest BCUT2D eigenvalue weighted by Crippen LogP contribution is 2.18. The van der Waals surface area contributed by atoms with Gasteiger partial charge in [-0.3, -0.25) is 4.79 Å². The van der Waals surface area contributed by atoms with Crippen molar-refractivity contribution in [3.05, 3.63) is 59.2 Å². The molecule has 22 heavy (non-hydrogen) atoms. The van der Waals surface area contributed by atoms with E-state index in [2.05, 4.69) is 5.32 Å². The fourth-order valence-corrected chi connectivity index (χ4v) is 2.19. The molecule has 4 nitrogen and oxygen atoms in total. The molecule has 0 saturated carbocycles. The summed E-state index contributed by atoms with van der Waals surface area (Å²) >= 11 is 0. The van der Waals surface area contributed by atoms with E-state index in [1.807, 2.05) is 56.3 Å². The molecule has 0 atom stereocenters. The smallest absolute Gasteiger partial charge is 0.251 e. The molecule has 0 bridgehead atoms. The van der Waals surface area contributed by atoms with Crippen molar-refractivity contribution < 1.29 is 14.3 Å². The largest absolute Gasteiger partial charge is 0.497 e. The topological polar surface area (TPSA) is 47.6 Å². The number of nitrogens with one attached hydrogen (secondary N) is 1. The van der Waals surface area contributed by atoms with Gasteiger partial charge in [0.25, 0.3) is 5.91 Å². The van der Waals surface area contributed by atoms with Crippen LogP contribution >= 0.6 is 0 Å². The van der Waals surface area contributed by atoms with E-state index in [9.17, 15) is 4.79 Å². The number of carbonyl (C=O) groups excluding carboxylic acids is 1. The molecule has 0 saturated heterocycles. The van der Waals surface area contributed by atoms with E-state index in [-0.39, 0.29) is 5.91 Å². The summed E-state index contributed by atoms with van der Waals surface area (Å²) in [6.07, 6.45) is 0. The summed E-state index contributed by atoms with van der Waals surface area (Å²) in [5, 5.41) is 2.86. The van der Waals surface area contributed by atoms with Crippen molar-refractivity contribution in [1.82, 2.24) is 5.32 Å². The molecular weight excluding hydrogens is 278 g/mol. The third-order valence-electron chi connectivity index (χ3n) is 3.32. The van der Waals surface area contributed by atoms with Crippen molar-refractivity contribution in [1.29, 1.82) is 0 Å². The van der Waals surface area contributed by atoms with Crippen LogP contribution in [0.5, 0.6) is 11.5 Å². The minimum atomic E-state index is -0.0771. The van der Waals surface area contributed by atoms with Crippen molar-refractivity contribution in [3.63, 3.8) is 0 Å². The van der Waals surface area contributed by atoms with E-state index >= 15 is 0 Å². The Hall–Kier alpha value is -2.49. The Morgan fingerprint density at radius 2 is 1.86 bits per heavy atom.